The SMILES string of the molecule is Cc1cc(CCl)cc(-n2cnc3ccccc32)n1. The molecule has 3 aromatic rings. The molecule has 3 rings (SSSR count). The Morgan fingerprint density at radius 3 is 2.89 bits per heavy atom. The van der Waals surface area contributed by atoms with Gasteiger partial charge in [-0.15, -0.1) is 11.6 Å². The van der Waals surface area contributed by atoms with E-state index in [-0.39, 0.29) is 0 Å². The van der Waals surface area contributed by atoms with Gasteiger partial charge in [-0.1, -0.05) is 12.1 Å². The largest absolute Gasteiger partial charge is 0.283 e. The number of benzene rings is 1. The summed E-state index contributed by atoms with van der Waals surface area (Å²) in [5.74, 6) is 1.35. The van der Waals surface area contributed by atoms with Gasteiger partial charge in [0.25, 0.3) is 0 Å². The van der Waals surface area contributed by atoms with Crippen LogP contribution in [0, 0.1) is 6.92 Å². The van der Waals surface area contributed by atoms with Crippen molar-refractivity contribution in [1.29, 1.82) is 0 Å². The monoisotopic (exact) mass is 257 g/mol. The third-order valence-electron chi connectivity index (χ3n) is 2.85. The number of halogens is 1. The van der Waals surface area contributed by atoms with Crippen LogP contribution in [0.5, 0.6) is 0 Å². The minimum absolute atomic E-state index is 0.489. The van der Waals surface area contributed by atoms with E-state index in [4.69, 9.17) is 11.6 Å². The molecule has 0 unspecified atom stereocenters. The van der Waals surface area contributed by atoms with Gasteiger partial charge in [0.15, 0.2) is 0 Å². The van der Waals surface area contributed by atoms with Crippen molar-refractivity contribution in [2.45, 2.75) is 12.8 Å². The molecule has 3 nitrogen and oxygen atoms in total. The van der Waals surface area contributed by atoms with Gasteiger partial charge in [-0.05, 0) is 36.8 Å². The van der Waals surface area contributed by atoms with Crippen LogP contribution in [-0.4, -0.2) is 14.5 Å². The number of imidazole rings is 1. The fraction of sp³-hybridized carbons (Fsp3) is 0.143. The first-order valence-corrected chi connectivity index (χ1v) is 6.27. The quantitative estimate of drug-likeness (QED) is 0.658. The minimum atomic E-state index is 0.489. The van der Waals surface area contributed by atoms with E-state index in [1.165, 1.54) is 0 Å². The number of rotatable bonds is 2. The number of alkyl halides is 1. The van der Waals surface area contributed by atoms with E-state index in [0.29, 0.717) is 5.88 Å². The molecule has 0 saturated heterocycles. The van der Waals surface area contributed by atoms with Crippen LogP contribution < -0.4 is 0 Å². The number of hydrogen-bond acceptors (Lipinski definition) is 2. The molecule has 0 saturated carbocycles. The molecule has 1 aromatic carbocycles. The van der Waals surface area contributed by atoms with Gasteiger partial charge in [-0.25, -0.2) is 9.97 Å². The summed E-state index contributed by atoms with van der Waals surface area (Å²) in [5, 5.41) is 0. The van der Waals surface area contributed by atoms with Crippen molar-refractivity contribution in [1.82, 2.24) is 14.5 Å². The van der Waals surface area contributed by atoms with Crippen molar-refractivity contribution in [2.75, 3.05) is 0 Å². The molecule has 0 spiro atoms. The Hall–Kier alpha value is -1.87. The summed E-state index contributed by atoms with van der Waals surface area (Å²) < 4.78 is 1.98. The highest BCUT2D eigenvalue weighted by Gasteiger charge is 2.06. The molecular weight excluding hydrogens is 246 g/mol. The van der Waals surface area contributed by atoms with Gasteiger partial charge in [0.1, 0.15) is 12.1 Å². The van der Waals surface area contributed by atoms with Crippen LogP contribution in [0.1, 0.15) is 11.3 Å². The molecule has 0 aliphatic carbocycles. The second-order valence-corrected chi connectivity index (χ2v) is 4.48. The van der Waals surface area contributed by atoms with Crippen LogP contribution in [0.15, 0.2) is 42.7 Å². The topological polar surface area (TPSA) is 30.7 Å². The number of nitrogens with zero attached hydrogens (tertiary/aromatic N) is 3. The van der Waals surface area contributed by atoms with E-state index in [9.17, 15) is 0 Å². The molecule has 0 atom stereocenters. The Bertz CT molecular complexity index is 703. The molecule has 0 amide bonds. The lowest BCUT2D eigenvalue weighted by atomic mass is 10.2. The molecule has 0 bridgehead atoms. The molecule has 4 heteroatoms. The van der Waals surface area contributed by atoms with Gasteiger partial charge in [0.05, 0.1) is 11.0 Å². The van der Waals surface area contributed by atoms with E-state index in [0.717, 1.165) is 28.1 Å². The summed E-state index contributed by atoms with van der Waals surface area (Å²) in [7, 11) is 0. The number of hydrogen-bond donors (Lipinski definition) is 0. The lowest BCUT2D eigenvalue weighted by Gasteiger charge is -2.06. The van der Waals surface area contributed by atoms with Crippen LogP contribution in [-0.2, 0) is 5.88 Å². The second kappa shape index (κ2) is 4.42. The molecule has 0 fully saturated rings. The highest BCUT2D eigenvalue weighted by Crippen LogP contribution is 2.18. The van der Waals surface area contributed by atoms with Crippen molar-refractivity contribution in [3.05, 3.63) is 54.0 Å². The maximum atomic E-state index is 5.90. The third-order valence-corrected chi connectivity index (χ3v) is 3.16. The normalized spacial score (nSPS) is 11.0. The number of aryl methyl sites for hydroxylation is 1. The smallest absolute Gasteiger partial charge is 0.138 e. The molecule has 0 radical (unpaired) electrons. The lowest BCUT2D eigenvalue weighted by molar-refractivity contribution is 0.992. The van der Waals surface area contributed by atoms with Crippen LogP contribution >= 0.6 is 11.6 Å². The third kappa shape index (κ3) is 1.87. The average molecular weight is 258 g/mol. The minimum Gasteiger partial charge on any atom is -0.283 e. The fourth-order valence-electron chi connectivity index (χ4n) is 2.06. The summed E-state index contributed by atoms with van der Waals surface area (Å²) >= 11 is 5.90. The molecule has 2 aromatic heterocycles. The molecule has 90 valence electrons. The van der Waals surface area contributed by atoms with Gasteiger partial charge in [0.2, 0.25) is 0 Å². The summed E-state index contributed by atoms with van der Waals surface area (Å²) in [6.07, 6.45) is 1.80. The maximum Gasteiger partial charge on any atom is 0.138 e. The van der Waals surface area contributed by atoms with Gasteiger partial charge < -0.3 is 0 Å². The first-order chi connectivity index (χ1) is 8.78. The highest BCUT2D eigenvalue weighted by molar-refractivity contribution is 6.17. The number of fused-ring (bicyclic) bond motifs is 1. The first-order valence-electron chi connectivity index (χ1n) is 5.74. The highest BCUT2D eigenvalue weighted by atomic mass is 35.5. The molecular formula is C14H12ClN3. The second-order valence-electron chi connectivity index (χ2n) is 4.21. The van der Waals surface area contributed by atoms with Gasteiger partial charge >= 0.3 is 0 Å². The van der Waals surface area contributed by atoms with E-state index in [1.54, 1.807) is 6.33 Å². The molecule has 0 aliphatic rings. The Morgan fingerprint density at radius 1 is 1.22 bits per heavy atom. The molecule has 0 N–H and O–H groups in total. The van der Waals surface area contributed by atoms with E-state index in [2.05, 4.69) is 9.97 Å². The first kappa shape index (κ1) is 11.2. The zero-order valence-electron chi connectivity index (χ0n) is 9.97. The van der Waals surface area contributed by atoms with Gasteiger partial charge in [-0.3, -0.25) is 4.57 Å². The Labute approximate surface area is 110 Å². The predicted molar refractivity (Wildman–Crippen MR) is 73.2 cm³/mol. The molecule has 0 aliphatic heterocycles. The summed E-state index contributed by atoms with van der Waals surface area (Å²) in [4.78, 5) is 8.91. The van der Waals surface area contributed by atoms with Crippen molar-refractivity contribution in [3.63, 3.8) is 0 Å². The average Bonchev–Trinajstić information content (AvgIpc) is 2.81. The summed E-state index contributed by atoms with van der Waals surface area (Å²) in [5.41, 5.74) is 4.04. The van der Waals surface area contributed by atoms with Crippen LogP contribution in [0.25, 0.3) is 16.9 Å². The number of pyridine rings is 1. The van der Waals surface area contributed by atoms with Gasteiger partial charge in [0, 0.05) is 11.6 Å². The van der Waals surface area contributed by atoms with E-state index < -0.39 is 0 Å². The van der Waals surface area contributed by atoms with Crippen molar-refractivity contribution >= 4 is 22.6 Å². The fourth-order valence-corrected chi connectivity index (χ4v) is 2.22. The van der Waals surface area contributed by atoms with Crippen molar-refractivity contribution in [2.24, 2.45) is 0 Å². The summed E-state index contributed by atoms with van der Waals surface area (Å²) in [6.45, 7) is 1.97. The van der Waals surface area contributed by atoms with Crippen LogP contribution in [0.4, 0.5) is 0 Å². The van der Waals surface area contributed by atoms with Crippen LogP contribution in [0.3, 0.4) is 0 Å². The zero-order chi connectivity index (χ0) is 12.5. The predicted octanol–water partition coefficient (Wildman–Crippen LogP) is 3.47. The van der Waals surface area contributed by atoms with E-state index in [1.807, 2.05) is 47.9 Å². The Balaban J connectivity index is 2.22. The maximum absolute atomic E-state index is 5.90. The van der Waals surface area contributed by atoms with Gasteiger partial charge in [-0.2, -0.15) is 0 Å². The number of para-hydroxylation sites is 2. The number of aromatic nitrogens is 3. The van der Waals surface area contributed by atoms with Crippen molar-refractivity contribution < 1.29 is 0 Å². The zero-order valence-corrected chi connectivity index (χ0v) is 10.7. The standard InChI is InChI=1S/C14H12ClN3/c1-10-6-11(8-15)7-14(17-10)18-9-16-12-4-2-3-5-13(12)18/h2-7,9H,8H2,1H3. The molecule has 2 heterocycles. The Kier molecular flexibility index (Phi) is 2.76. The summed E-state index contributed by atoms with van der Waals surface area (Å²) in [6, 6.07) is 12.0. The van der Waals surface area contributed by atoms with Crippen molar-refractivity contribution in [3.8, 4) is 5.82 Å². The van der Waals surface area contributed by atoms with E-state index >= 15 is 0 Å². The molecule has 18 heavy (non-hydrogen) atoms. The lowest BCUT2D eigenvalue weighted by Crippen LogP contribution is -1.98. The Morgan fingerprint density at radius 2 is 2.06 bits per heavy atom. The van der Waals surface area contributed by atoms with Crippen LogP contribution in [0.2, 0.25) is 0 Å².